The summed E-state index contributed by atoms with van der Waals surface area (Å²) in [6.07, 6.45) is 1.86. The number of benzene rings is 1. The largest absolute Gasteiger partial charge is 0.444 e. The lowest BCUT2D eigenvalue weighted by Gasteiger charge is -2.31. The van der Waals surface area contributed by atoms with E-state index in [1.807, 2.05) is 51.1 Å². The number of carbonyl (C=O) groups is 1. The average molecular weight is 426 g/mol. The van der Waals surface area contributed by atoms with Crippen LogP contribution in [0.1, 0.15) is 37.5 Å². The predicted molar refractivity (Wildman–Crippen MR) is 117 cm³/mol. The first-order valence-electron chi connectivity index (χ1n) is 9.95. The van der Waals surface area contributed by atoms with Gasteiger partial charge < -0.3 is 9.64 Å². The summed E-state index contributed by atoms with van der Waals surface area (Å²) in [6, 6.07) is 11.3. The van der Waals surface area contributed by atoms with Gasteiger partial charge in [0.05, 0.1) is 13.1 Å². The number of nitrogens with zero attached hydrogens (tertiary/aromatic N) is 3. The Bertz CT molecular complexity index is 1180. The second-order valence-corrected chi connectivity index (χ2v) is 8.87. The summed E-state index contributed by atoms with van der Waals surface area (Å²) in [6.45, 7) is 6.53. The van der Waals surface area contributed by atoms with Gasteiger partial charge in [0.2, 0.25) is 0 Å². The Hall–Kier alpha value is -2.86. The van der Waals surface area contributed by atoms with E-state index in [0.717, 1.165) is 16.5 Å². The molecule has 0 bridgehead atoms. The summed E-state index contributed by atoms with van der Waals surface area (Å²) in [5.74, 6) is 0. The molecule has 156 valence electrons. The second kappa shape index (κ2) is 7.76. The van der Waals surface area contributed by atoms with E-state index in [9.17, 15) is 9.59 Å². The number of hydrogen-bond donors (Lipinski definition) is 0. The van der Waals surface area contributed by atoms with Crippen LogP contribution < -0.4 is 5.56 Å². The van der Waals surface area contributed by atoms with Crippen molar-refractivity contribution in [1.82, 2.24) is 14.5 Å². The Morgan fingerprint density at radius 1 is 1.17 bits per heavy atom. The van der Waals surface area contributed by atoms with Gasteiger partial charge in [-0.3, -0.25) is 9.36 Å². The van der Waals surface area contributed by atoms with E-state index in [-0.39, 0.29) is 12.1 Å². The van der Waals surface area contributed by atoms with Crippen LogP contribution in [0.25, 0.3) is 11.0 Å². The van der Waals surface area contributed by atoms with Crippen molar-refractivity contribution in [2.75, 3.05) is 6.54 Å². The fourth-order valence-corrected chi connectivity index (χ4v) is 3.99. The molecule has 1 aliphatic heterocycles. The first-order valence-corrected chi connectivity index (χ1v) is 10.3. The van der Waals surface area contributed by atoms with Gasteiger partial charge in [0.1, 0.15) is 11.2 Å². The number of hydrogen-bond acceptors (Lipinski definition) is 4. The molecule has 30 heavy (non-hydrogen) atoms. The van der Waals surface area contributed by atoms with Crippen LogP contribution in [-0.2, 0) is 24.2 Å². The molecule has 1 aromatic carbocycles. The lowest BCUT2D eigenvalue weighted by molar-refractivity contribution is 0.0223. The maximum Gasteiger partial charge on any atom is 0.410 e. The van der Waals surface area contributed by atoms with Gasteiger partial charge in [-0.05, 0) is 56.5 Å². The van der Waals surface area contributed by atoms with E-state index in [2.05, 4.69) is 4.98 Å². The third-order valence-electron chi connectivity index (χ3n) is 5.15. The van der Waals surface area contributed by atoms with Crippen LogP contribution in [0.4, 0.5) is 4.79 Å². The maximum atomic E-state index is 13.5. The number of pyridine rings is 2. The first-order chi connectivity index (χ1) is 14.2. The SMILES string of the molecule is CC(C)(C)OC(=O)N1CCc2c(c(=O)n(Cc3ccccc3Cl)c3ncccc23)C1. The molecule has 0 saturated carbocycles. The Kier molecular flexibility index (Phi) is 5.28. The number of carbonyl (C=O) groups excluding carboxylic acids is 1. The zero-order valence-corrected chi connectivity index (χ0v) is 18.1. The van der Waals surface area contributed by atoms with Crippen molar-refractivity contribution in [3.8, 4) is 0 Å². The zero-order valence-electron chi connectivity index (χ0n) is 17.3. The van der Waals surface area contributed by atoms with E-state index < -0.39 is 11.7 Å². The van der Waals surface area contributed by atoms with Crippen molar-refractivity contribution in [2.45, 2.75) is 45.9 Å². The highest BCUT2D eigenvalue weighted by Crippen LogP contribution is 2.26. The molecule has 6 nitrogen and oxygen atoms in total. The van der Waals surface area contributed by atoms with Gasteiger partial charge in [-0.25, -0.2) is 9.78 Å². The molecule has 0 fully saturated rings. The molecule has 2 aromatic heterocycles. The minimum absolute atomic E-state index is 0.149. The maximum absolute atomic E-state index is 13.5. The van der Waals surface area contributed by atoms with Crippen LogP contribution in [0.5, 0.6) is 0 Å². The molecular weight excluding hydrogens is 402 g/mol. The Morgan fingerprint density at radius 2 is 1.93 bits per heavy atom. The van der Waals surface area contributed by atoms with Crippen LogP contribution in [0.2, 0.25) is 5.02 Å². The number of rotatable bonds is 2. The van der Waals surface area contributed by atoms with E-state index in [4.69, 9.17) is 16.3 Å². The fourth-order valence-electron chi connectivity index (χ4n) is 3.79. The monoisotopic (exact) mass is 425 g/mol. The molecule has 0 N–H and O–H groups in total. The van der Waals surface area contributed by atoms with E-state index in [0.29, 0.717) is 35.7 Å². The fraction of sp³-hybridized carbons (Fsp3) is 0.348. The van der Waals surface area contributed by atoms with Gasteiger partial charge >= 0.3 is 6.09 Å². The molecule has 0 saturated heterocycles. The highest BCUT2D eigenvalue weighted by molar-refractivity contribution is 6.31. The van der Waals surface area contributed by atoms with Gasteiger partial charge in [0, 0.05) is 28.7 Å². The summed E-state index contributed by atoms with van der Waals surface area (Å²) in [7, 11) is 0. The van der Waals surface area contributed by atoms with Crippen LogP contribution in [-0.4, -0.2) is 32.7 Å². The van der Waals surface area contributed by atoms with Gasteiger partial charge in [-0.1, -0.05) is 29.8 Å². The molecule has 0 spiro atoms. The van der Waals surface area contributed by atoms with E-state index in [1.54, 1.807) is 21.7 Å². The minimum atomic E-state index is -0.588. The molecule has 3 aromatic rings. The van der Waals surface area contributed by atoms with Gasteiger partial charge in [0.25, 0.3) is 5.56 Å². The summed E-state index contributed by atoms with van der Waals surface area (Å²) >= 11 is 6.34. The number of aromatic nitrogens is 2. The van der Waals surface area contributed by atoms with Crippen molar-refractivity contribution in [2.24, 2.45) is 0 Å². The third kappa shape index (κ3) is 3.92. The zero-order chi connectivity index (χ0) is 21.5. The summed E-state index contributed by atoms with van der Waals surface area (Å²) in [5, 5.41) is 1.53. The lowest BCUT2D eigenvalue weighted by atomic mass is 9.97. The van der Waals surface area contributed by atoms with Crippen LogP contribution in [0, 0.1) is 0 Å². The van der Waals surface area contributed by atoms with Crippen molar-refractivity contribution >= 4 is 28.7 Å². The molecule has 4 rings (SSSR count). The highest BCUT2D eigenvalue weighted by Gasteiger charge is 2.29. The summed E-state index contributed by atoms with van der Waals surface area (Å²) in [4.78, 5) is 32.2. The molecule has 0 aliphatic carbocycles. The summed E-state index contributed by atoms with van der Waals surface area (Å²) in [5.41, 5.74) is 2.30. The molecule has 0 atom stereocenters. The van der Waals surface area contributed by atoms with Gasteiger partial charge in [0.15, 0.2) is 0 Å². The number of halogens is 1. The van der Waals surface area contributed by atoms with Crippen LogP contribution >= 0.6 is 11.6 Å². The smallest absolute Gasteiger partial charge is 0.410 e. The topological polar surface area (TPSA) is 64.4 Å². The minimum Gasteiger partial charge on any atom is -0.444 e. The average Bonchev–Trinajstić information content (AvgIpc) is 2.71. The highest BCUT2D eigenvalue weighted by atomic mass is 35.5. The van der Waals surface area contributed by atoms with Crippen LogP contribution in [0.3, 0.4) is 0 Å². The number of amides is 1. The Morgan fingerprint density at radius 3 is 2.67 bits per heavy atom. The van der Waals surface area contributed by atoms with Crippen molar-refractivity contribution in [3.63, 3.8) is 0 Å². The molecule has 0 unspecified atom stereocenters. The number of fused-ring (bicyclic) bond motifs is 3. The lowest BCUT2D eigenvalue weighted by Crippen LogP contribution is -2.43. The molecule has 0 radical (unpaired) electrons. The predicted octanol–water partition coefficient (Wildman–Crippen LogP) is 4.39. The van der Waals surface area contributed by atoms with Gasteiger partial charge in [-0.2, -0.15) is 0 Å². The Labute approximate surface area is 180 Å². The quantitative estimate of drug-likeness (QED) is 0.610. The van der Waals surface area contributed by atoms with Gasteiger partial charge in [-0.15, -0.1) is 0 Å². The van der Waals surface area contributed by atoms with Crippen molar-refractivity contribution in [1.29, 1.82) is 0 Å². The molecular formula is C23H24ClN3O3. The summed E-state index contributed by atoms with van der Waals surface area (Å²) < 4.78 is 7.16. The van der Waals surface area contributed by atoms with Crippen molar-refractivity contribution in [3.05, 3.63) is 74.7 Å². The first kappa shape index (κ1) is 20.4. The normalized spacial score (nSPS) is 13.9. The standard InChI is InChI=1S/C23H24ClN3O3/c1-23(2,3)30-22(29)26-12-10-16-17-8-6-11-25-20(17)27(21(28)18(16)14-26)13-15-7-4-5-9-19(15)24/h4-9,11H,10,12-14H2,1-3H3. The second-order valence-electron chi connectivity index (χ2n) is 8.47. The van der Waals surface area contributed by atoms with Crippen molar-refractivity contribution < 1.29 is 9.53 Å². The molecule has 1 amide bonds. The third-order valence-corrected chi connectivity index (χ3v) is 5.52. The van der Waals surface area contributed by atoms with E-state index >= 15 is 0 Å². The molecule has 7 heteroatoms. The molecule has 3 heterocycles. The van der Waals surface area contributed by atoms with E-state index in [1.165, 1.54) is 0 Å². The van der Waals surface area contributed by atoms with Crippen LogP contribution in [0.15, 0.2) is 47.4 Å². The number of ether oxygens (including phenoxy) is 1. The molecule has 1 aliphatic rings. The Balaban J connectivity index is 1.80.